The van der Waals surface area contributed by atoms with Crippen LogP contribution in [0.5, 0.6) is 0 Å². The van der Waals surface area contributed by atoms with E-state index in [-0.39, 0.29) is 18.8 Å². The lowest BCUT2D eigenvalue weighted by atomic mass is 9.74. The summed E-state index contributed by atoms with van der Waals surface area (Å²) in [5, 5.41) is 0. The van der Waals surface area contributed by atoms with Gasteiger partial charge in [0.25, 0.3) is 0 Å². The maximum Gasteiger partial charge on any atom is 0.494 e. The van der Waals surface area contributed by atoms with E-state index in [1.165, 1.54) is 0 Å². The van der Waals surface area contributed by atoms with Crippen LogP contribution in [0.3, 0.4) is 0 Å². The van der Waals surface area contributed by atoms with E-state index < -0.39 is 5.79 Å². The van der Waals surface area contributed by atoms with Gasteiger partial charge in [-0.2, -0.15) is 0 Å². The quantitative estimate of drug-likeness (QED) is 0.602. The molecule has 0 aromatic heterocycles. The zero-order valence-electron chi connectivity index (χ0n) is 14.7. The fourth-order valence-electron chi connectivity index (χ4n) is 3.60. The molecule has 2 saturated heterocycles. The van der Waals surface area contributed by atoms with Gasteiger partial charge in [0, 0.05) is 24.0 Å². The van der Waals surface area contributed by atoms with Crippen LogP contribution in [0.15, 0.2) is 24.3 Å². The molecule has 132 valence electrons. The Morgan fingerprint density at radius 2 is 2.00 bits per heavy atom. The molecule has 24 heavy (non-hydrogen) atoms. The molecule has 0 saturated carbocycles. The van der Waals surface area contributed by atoms with Crippen LogP contribution in [0, 0.1) is 0 Å². The zero-order chi connectivity index (χ0) is 17.2. The van der Waals surface area contributed by atoms with Gasteiger partial charge in [0.05, 0.1) is 18.8 Å². The van der Waals surface area contributed by atoms with Crippen molar-refractivity contribution in [2.75, 3.05) is 19.1 Å². The fourth-order valence-corrected chi connectivity index (χ4v) is 3.73. The maximum absolute atomic E-state index is 6.14. The highest BCUT2D eigenvalue weighted by molar-refractivity contribution is 6.61. The summed E-state index contributed by atoms with van der Waals surface area (Å²) in [5.41, 5.74) is 1.80. The van der Waals surface area contributed by atoms with E-state index in [2.05, 4.69) is 26.8 Å². The lowest BCUT2D eigenvalue weighted by Crippen LogP contribution is -2.52. The first-order chi connectivity index (χ1) is 11.4. The second-order valence-electron chi connectivity index (χ2n) is 7.23. The first kappa shape index (κ1) is 18.2. The van der Waals surface area contributed by atoms with Crippen LogP contribution in [-0.4, -0.2) is 37.9 Å². The maximum atomic E-state index is 6.14. The van der Waals surface area contributed by atoms with E-state index in [0.29, 0.717) is 19.1 Å². The summed E-state index contributed by atoms with van der Waals surface area (Å²) in [4.78, 5) is 0. The van der Waals surface area contributed by atoms with Crippen LogP contribution in [0.2, 0.25) is 0 Å². The molecular formula is C18H26BClO4. The Labute approximate surface area is 149 Å². The molecule has 0 radical (unpaired) electrons. The largest absolute Gasteiger partial charge is 0.494 e. The van der Waals surface area contributed by atoms with Crippen molar-refractivity contribution in [1.29, 1.82) is 0 Å². The number of rotatable bonds is 5. The molecule has 1 unspecified atom stereocenters. The number of alkyl halides is 1. The number of hydrogen-bond acceptors (Lipinski definition) is 4. The molecule has 4 nitrogen and oxygen atoms in total. The Bertz CT molecular complexity index is 560. The first-order valence-electron chi connectivity index (χ1n) is 8.72. The highest BCUT2D eigenvalue weighted by atomic mass is 35.5. The van der Waals surface area contributed by atoms with Gasteiger partial charge in [-0.1, -0.05) is 24.3 Å². The molecule has 2 aliphatic rings. The second-order valence-corrected chi connectivity index (χ2v) is 7.61. The van der Waals surface area contributed by atoms with Gasteiger partial charge in [-0.05, 0) is 39.1 Å². The summed E-state index contributed by atoms with van der Waals surface area (Å²) < 4.78 is 24.1. The Kier molecular flexibility index (Phi) is 5.57. The van der Waals surface area contributed by atoms with Crippen molar-refractivity contribution in [1.82, 2.24) is 0 Å². The van der Waals surface area contributed by atoms with E-state index in [0.717, 1.165) is 30.3 Å². The van der Waals surface area contributed by atoms with Crippen LogP contribution in [0.25, 0.3) is 0 Å². The van der Waals surface area contributed by atoms with E-state index in [4.69, 9.17) is 30.4 Å². The summed E-state index contributed by atoms with van der Waals surface area (Å²) in [7, 11) is -0.366. The van der Waals surface area contributed by atoms with Crippen LogP contribution >= 0.6 is 11.6 Å². The van der Waals surface area contributed by atoms with Crippen LogP contribution in [-0.2, 0) is 24.6 Å². The van der Waals surface area contributed by atoms with Gasteiger partial charge in [0.15, 0.2) is 5.79 Å². The predicted octanol–water partition coefficient (Wildman–Crippen LogP) is 3.20. The SMILES string of the molecule is CC1CC(C)(C)OB(c2cccc(C3(CCCCl)OCCO3)c2)O1. The van der Waals surface area contributed by atoms with E-state index in [9.17, 15) is 0 Å². The van der Waals surface area contributed by atoms with Crippen molar-refractivity contribution in [3.63, 3.8) is 0 Å². The number of ether oxygens (including phenoxy) is 2. The van der Waals surface area contributed by atoms with Crippen LogP contribution in [0.4, 0.5) is 0 Å². The fraction of sp³-hybridized carbons (Fsp3) is 0.667. The smallest absolute Gasteiger partial charge is 0.405 e. The summed E-state index contributed by atoms with van der Waals surface area (Å²) >= 11 is 5.88. The van der Waals surface area contributed by atoms with Crippen molar-refractivity contribution < 1.29 is 18.8 Å². The zero-order valence-corrected chi connectivity index (χ0v) is 15.5. The van der Waals surface area contributed by atoms with Gasteiger partial charge < -0.3 is 18.8 Å². The Balaban J connectivity index is 1.85. The third-order valence-electron chi connectivity index (χ3n) is 4.55. The van der Waals surface area contributed by atoms with Crippen molar-refractivity contribution >= 4 is 24.2 Å². The lowest BCUT2D eigenvalue weighted by Gasteiger charge is -2.38. The molecule has 0 bridgehead atoms. The van der Waals surface area contributed by atoms with Gasteiger partial charge in [-0.25, -0.2) is 0 Å². The van der Waals surface area contributed by atoms with Crippen LogP contribution in [0.1, 0.15) is 45.6 Å². The molecule has 2 heterocycles. The molecule has 1 aromatic rings. The molecule has 2 fully saturated rings. The summed E-state index contributed by atoms with van der Waals surface area (Å²) in [6, 6.07) is 8.17. The van der Waals surface area contributed by atoms with Crippen molar-refractivity contribution in [3.8, 4) is 0 Å². The second kappa shape index (κ2) is 7.34. The minimum absolute atomic E-state index is 0.159. The standard InChI is InChI=1S/C18H26BClO4/c1-14-13-17(2,3)24-19(23-14)16-7-4-6-15(12-16)18(8-5-9-20)21-10-11-22-18/h4,6-7,12,14H,5,8-11,13H2,1-3H3. The Morgan fingerprint density at radius 3 is 2.67 bits per heavy atom. The molecule has 0 spiro atoms. The Hall–Kier alpha value is -0.585. The molecule has 6 heteroatoms. The van der Waals surface area contributed by atoms with Gasteiger partial charge >= 0.3 is 7.12 Å². The lowest BCUT2D eigenvalue weighted by molar-refractivity contribution is -0.170. The highest BCUT2D eigenvalue weighted by Gasteiger charge is 2.41. The van der Waals surface area contributed by atoms with Crippen molar-refractivity contribution in [2.24, 2.45) is 0 Å². The predicted molar refractivity (Wildman–Crippen MR) is 95.7 cm³/mol. The minimum atomic E-state index is -0.694. The molecule has 0 N–H and O–H groups in total. The van der Waals surface area contributed by atoms with E-state index in [1.54, 1.807) is 0 Å². The molecule has 3 rings (SSSR count). The Morgan fingerprint density at radius 1 is 1.25 bits per heavy atom. The summed E-state index contributed by atoms with van der Waals surface area (Å²) in [5.74, 6) is -0.102. The number of benzene rings is 1. The number of hydrogen-bond donors (Lipinski definition) is 0. The van der Waals surface area contributed by atoms with E-state index in [1.807, 2.05) is 18.2 Å². The third-order valence-corrected chi connectivity index (χ3v) is 4.82. The molecule has 1 atom stereocenters. The monoisotopic (exact) mass is 352 g/mol. The number of halogens is 1. The van der Waals surface area contributed by atoms with Gasteiger partial charge in [-0.3, -0.25) is 0 Å². The average Bonchev–Trinajstić information content (AvgIpc) is 3.01. The molecule has 0 aliphatic carbocycles. The average molecular weight is 353 g/mol. The topological polar surface area (TPSA) is 36.9 Å². The first-order valence-corrected chi connectivity index (χ1v) is 9.25. The van der Waals surface area contributed by atoms with E-state index >= 15 is 0 Å². The molecule has 0 amide bonds. The van der Waals surface area contributed by atoms with Crippen molar-refractivity contribution in [2.45, 2.75) is 57.5 Å². The third kappa shape index (κ3) is 3.97. The normalized spacial score (nSPS) is 25.8. The highest BCUT2D eigenvalue weighted by Crippen LogP contribution is 2.36. The molecule has 1 aromatic carbocycles. The van der Waals surface area contributed by atoms with Crippen molar-refractivity contribution in [3.05, 3.63) is 29.8 Å². The summed E-state index contributed by atoms with van der Waals surface area (Å²) in [6.45, 7) is 7.51. The van der Waals surface area contributed by atoms with Gasteiger partial charge in [0.2, 0.25) is 0 Å². The van der Waals surface area contributed by atoms with Crippen LogP contribution < -0.4 is 5.46 Å². The summed E-state index contributed by atoms with van der Waals surface area (Å²) in [6.07, 6.45) is 2.63. The molecular weight excluding hydrogens is 326 g/mol. The van der Waals surface area contributed by atoms with Gasteiger partial charge in [-0.15, -0.1) is 11.6 Å². The molecule has 2 aliphatic heterocycles. The van der Waals surface area contributed by atoms with Gasteiger partial charge in [0.1, 0.15) is 0 Å². The minimum Gasteiger partial charge on any atom is -0.405 e.